The van der Waals surface area contributed by atoms with Crippen molar-refractivity contribution in [1.29, 1.82) is 0 Å². The van der Waals surface area contributed by atoms with Crippen LogP contribution in [0, 0.1) is 0 Å². The number of methoxy groups -OCH3 is 1. The van der Waals surface area contributed by atoms with Crippen LogP contribution in [0.3, 0.4) is 0 Å². The lowest BCUT2D eigenvalue weighted by atomic mass is 10.0. The summed E-state index contributed by atoms with van der Waals surface area (Å²) < 4.78 is 5.45. The first-order valence-electron chi connectivity index (χ1n) is 8.87. The van der Waals surface area contributed by atoms with Crippen molar-refractivity contribution >= 4 is 34.8 Å². The standard InChI is InChI=1S/C20H23N5O.ClH/c1-21-20-23-6-5-18(24-20)15-11-14-3-4-16(26-2)13-17(14)19(12-15)25-9-7-22-8-10-25;/h3-6,11-13,22H,7-10H2,1-2H3,(H,21,23,24);1H. The van der Waals surface area contributed by atoms with Gasteiger partial charge in [-0.2, -0.15) is 0 Å². The smallest absolute Gasteiger partial charge is 0.222 e. The second kappa shape index (κ2) is 8.41. The van der Waals surface area contributed by atoms with E-state index in [9.17, 15) is 0 Å². The Kier molecular flexibility index (Phi) is 5.98. The van der Waals surface area contributed by atoms with Crippen molar-refractivity contribution in [2.45, 2.75) is 0 Å². The summed E-state index contributed by atoms with van der Waals surface area (Å²) in [7, 11) is 3.54. The van der Waals surface area contributed by atoms with Crippen LogP contribution in [-0.4, -0.2) is 50.3 Å². The van der Waals surface area contributed by atoms with Crippen molar-refractivity contribution in [1.82, 2.24) is 15.3 Å². The number of piperazine rings is 1. The van der Waals surface area contributed by atoms with E-state index < -0.39 is 0 Å². The maximum Gasteiger partial charge on any atom is 0.222 e. The van der Waals surface area contributed by atoms with Crippen molar-refractivity contribution in [3.8, 4) is 17.0 Å². The van der Waals surface area contributed by atoms with Crippen LogP contribution in [-0.2, 0) is 0 Å². The van der Waals surface area contributed by atoms with Crippen molar-refractivity contribution in [3.63, 3.8) is 0 Å². The van der Waals surface area contributed by atoms with Crippen LogP contribution in [0.5, 0.6) is 5.75 Å². The number of halogens is 1. The van der Waals surface area contributed by atoms with E-state index in [1.807, 2.05) is 19.2 Å². The Morgan fingerprint density at radius 2 is 1.93 bits per heavy atom. The first-order valence-corrected chi connectivity index (χ1v) is 8.87. The third kappa shape index (κ3) is 3.91. The Morgan fingerprint density at radius 1 is 1.11 bits per heavy atom. The van der Waals surface area contributed by atoms with Gasteiger partial charge < -0.3 is 20.3 Å². The van der Waals surface area contributed by atoms with Gasteiger partial charge in [0.2, 0.25) is 5.95 Å². The van der Waals surface area contributed by atoms with Gasteiger partial charge in [0.15, 0.2) is 0 Å². The van der Waals surface area contributed by atoms with Gasteiger partial charge in [0, 0.05) is 56.1 Å². The molecule has 6 nitrogen and oxygen atoms in total. The van der Waals surface area contributed by atoms with Crippen LogP contribution in [0.4, 0.5) is 11.6 Å². The number of anilines is 2. The fourth-order valence-corrected chi connectivity index (χ4v) is 3.40. The van der Waals surface area contributed by atoms with Gasteiger partial charge in [0.1, 0.15) is 5.75 Å². The minimum Gasteiger partial charge on any atom is -0.497 e. The highest BCUT2D eigenvalue weighted by molar-refractivity contribution is 5.98. The Bertz CT molecular complexity index is 927. The Labute approximate surface area is 165 Å². The molecular weight excluding hydrogens is 362 g/mol. The molecule has 1 aliphatic heterocycles. The van der Waals surface area contributed by atoms with E-state index in [0.717, 1.165) is 43.2 Å². The highest BCUT2D eigenvalue weighted by Crippen LogP contribution is 2.35. The quantitative estimate of drug-likeness (QED) is 0.719. The normalized spacial score (nSPS) is 13.9. The van der Waals surface area contributed by atoms with Crippen molar-refractivity contribution in [2.24, 2.45) is 0 Å². The molecule has 2 N–H and O–H groups in total. The number of hydrogen-bond donors (Lipinski definition) is 2. The molecule has 142 valence electrons. The fourth-order valence-electron chi connectivity index (χ4n) is 3.40. The van der Waals surface area contributed by atoms with E-state index >= 15 is 0 Å². The highest BCUT2D eigenvalue weighted by Gasteiger charge is 2.16. The summed E-state index contributed by atoms with van der Waals surface area (Å²) in [5.41, 5.74) is 3.23. The lowest BCUT2D eigenvalue weighted by molar-refractivity contribution is 0.415. The van der Waals surface area contributed by atoms with Gasteiger partial charge in [-0.25, -0.2) is 9.97 Å². The number of nitrogens with zero attached hydrogens (tertiary/aromatic N) is 3. The fraction of sp³-hybridized carbons (Fsp3) is 0.300. The number of benzene rings is 2. The number of ether oxygens (including phenoxy) is 1. The second-order valence-electron chi connectivity index (χ2n) is 6.33. The van der Waals surface area contributed by atoms with Crippen molar-refractivity contribution < 1.29 is 4.74 Å². The number of fused-ring (bicyclic) bond motifs is 1. The maximum atomic E-state index is 5.45. The van der Waals surface area contributed by atoms with Crippen LogP contribution in [0.15, 0.2) is 42.6 Å². The van der Waals surface area contributed by atoms with E-state index in [-0.39, 0.29) is 12.4 Å². The van der Waals surface area contributed by atoms with Gasteiger partial charge in [0.05, 0.1) is 12.8 Å². The number of nitrogens with one attached hydrogen (secondary N) is 2. The third-order valence-electron chi connectivity index (χ3n) is 4.77. The molecule has 0 bridgehead atoms. The first kappa shape index (κ1) is 19.2. The molecule has 0 unspecified atom stereocenters. The Hall–Kier alpha value is -2.57. The predicted molar refractivity (Wildman–Crippen MR) is 113 cm³/mol. The first-order chi connectivity index (χ1) is 12.8. The minimum atomic E-state index is 0. The number of rotatable bonds is 4. The minimum absolute atomic E-state index is 0. The second-order valence-corrected chi connectivity index (χ2v) is 6.33. The van der Waals surface area contributed by atoms with Crippen LogP contribution >= 0.6 is 12.4 Å². The summed E-state index contributed by atoms with van der Waals surface area (Å²) in [5, 5.41) is 8.82. The van der Waals surface area contributed by atoms with Crippen LogP contribution in [0.25, 0.3) is 22.0 Å². The van der Waals surface area contributed by atoms with E-state index in [2.05, 4.69) is 49.8 Å². The van der Waals surface area contributed by atoms with Crippen LogP contribution in [0.1, 0.15) is 0 Å². The summed E-state index contributed by atoms with van der Waals surface area (Å²) in [6, 6.07) is 12.6. The molecule has 1 fully saturated rings. The van der Waals surface area contributed by atoms with Crippen LogP contribution < -0.4 is 20.3 Å². The molecule has 0 atom stereocenters. The van der Waals surface area contributed by atoms with E-state index in [1.165, 1.54) is 16.5 Å². The monoisotopic (exact) mass is 385 g/mol. The molecule has 0 amide bonds. The summed E-state index contributed by atoms with van der Waals surface area (Å²) >= 11 is 0. The van der Waals surface area contributed by atoms with Gasteiger partial charge >= 0.3 is 0 Å². The molecule has 0 aliphatic carbocycles. The largest absolute Gasteiger partial charge is 0.497 e. The highest BCUT2D eigenvalue weighted by atomic mass is 35.5. The van der Waals surface area contributed by atoms with Crippen molar-refractivity contribution in [2.75, 3.05) is 50.6 Å². The molecule has 2 aromatic carbocycles. The zero-order valence-corrected chi connectivity index (χ0v) is 16.3. The molecule has 4 rings (SSSR count). The lowest BCUT2D eigenvalue weighted by Gasteiger charge is -2.31. The van der Waals surface area contributed by atoms with Gasteiger partial charge in [-0.3, -0.25) is 0 Å². The molecule has 0 saturated carbocycles. The SMILES string of the molecule is CNc1nccc(-c2cc(N3CCNCC3)c3cc(OC)ccc3c2)n1.Cl. The summed E-state index contributed by atoms with van der Waals surface area (Å²) in [5.74, 6) is 1.50. The van der Waals surface area contributed by atoms with Gasteiger partial charge in [-0.05, 0) is 35.7 Å². The van der Waals surface area contributed by atoms with E-state index in [4.69, 9.17) is 4.74 Å². The molecule has 7 heteroatoms. The van der Waals surface area contributed by atoms with E-state index in [0.29, 0.717) is 5.95 Å². The Morgan fingerprint density at radius 3 is 2.67 bits per heavy atom. The topological polar surface area (TPSA) is 62.3 Å². The molecular formula is C20H24ClN5O. The zero-order chi connectivity index (χ0) is 17.9. The molecule has 1 saturated heterocycles. The number of aromatic nitrogens is 2. The summed E-state index contributed by atoms with van der Waals surface area (Å²) in [6.07, 6.45) is 1.79. The average molecular weight is 386 g/mol. The van der Waals surface area contributed by atoms with Crippen molar-refractivity contribution in [3.05, 3.63) is 42.6 Å². The van der Waals surface area contributed by atoms with Gasteiger partial charge in [-0.1, -0.05) is 6.07 Å². The van der Waals surface area contributed by atoms with Crippen LogP contribution in [0.2, 0.25) is 0 Å². The summed E-state index contributed by atoms with van der Waals surface area (Å²) in [4.78, 5) is 11.3. The lowest BCUT2D eigenvalue weighted by Crippen LogP contribution is -2.43. The van der Waals surface area contributed by atoms with E-state index in [1.54, 1.807) is 13.3 Å². The molecule has 27 heavy (non-hydrogen) atoms. The average Bonchev–Trinajstić information content (AvgIpc) is 2.73. The summed E-state index contributed by atoms with van der Waals surface area (Å²) in [6.45, 7) is 3.96. The van der Waals surface area contributed by atoms with Gasteiger partial charge in [-0.15, -0.1) is 12.4 Å². The molecule has 1 aliphatic rings. The third-order valence-corrected chi connectivity index (χ3v) is 4.77. The molecule has 3 aromatic rings. The molecule has 1 aromatic heterocycles. The van der Waals surface area contributed by atoms with Gasteiger partial charge in [0.25, 0.3) is 0 Å². The zero-order valence-electron chi connectivity index (χ0n) is 15.5. The predicted octanol–water partition coefficient (Wildman–Crippen LogP) is 3.18. The molecule has 0 radical (unpaired) electrons. The maximum absolute atomic E-state index is 5.45. The Balaban J connectivity index is 0.00000210. The number of hydrogen-bond acceptors (Lipinski definition) is 6. The molecule has 0 spiro atoms. The molecule has 2 heterocycles.